The number of nitrogens with zero attached hydrogens (tertiary/aromatic N) is 1. The fourth-order valence-electron chi connectivity index (χ4n) is 3.20. The van der Waals surface area contributed by atoms with Crippen molar-refractivity contribution < 1.29 is 31.9 Å². The summed E-state index contributed by atoms with van der Waals surface area (Å²) in [6.07, 6.45) is -3.09. The van der Waals surface area contributed by atoms with E-state index in [2.05, 4.69) is 0 Å². The van der Waals surface area contributed by atoms with E-state index >= 15 is 0 Å². The third-order valence-corrected chi connectivity index (χ3v) is 6.03. The second-order valence-corrected chi connectivity index (χ2v) is 8.48. The molecule has 10 heteroatoms. The summed E-state index contributed by atoms with van der Waals surface area (Å²) in [4.78, 5) is 26.2. The van der Waals surface area contributed by atoms with Crippen LogP contribution < -0.4 is 4.90 Å². The molecule has 2 aromatic carbocycles. The number of anilines is 1. The molecule has 0 spiro atoms. The highest BCUT2D eigenvalue weighted by molar-refractivity contribution is 8.27. The number of esters is 1. The number of halogens is 3. The number of thioether (sulfide) groups is 1. The molecule has 5 nitrogen and oxygen atoms in total. The fraction of sp³-hybridized carbons (Fsp3) is 0.0870. The molecular weight excluding hydrogens is 475 g/mol. The first-order valence-corrected chi connectivity index (χ1v) is 10.6. The zero-order valence-electron chi connectivity index (χ0n) is 16.9. The second kappa shape index (κ2) is 8.87. The van der Waals surface area contributed by atoms with Gasteiger partial charge in [-0.1, -0.05) is 48.2 Å². The first kappa shape index (κ1) is 22.8. The summed E-state index contributed by atoms with van der Waals surface area (Å²) >= 11 is 6.19. The number of rotatable bonds is 4. The third-order valence-electron chi connectivity index (χ3n) is 4.72. The summed E-state index contributed by atoms with van der Waals surface area (Å²) in [6.45, 7) is 0. The van der Waals surface area contributed by atoms with Gasteiger partial charge >= 0.3 is 12.1 Å². The molecule has 0 aliphatic carbocycles. The van der Waals surface area contributed by atoms with Crippen LogP contribution in [-0.2, 0) is 15.7 Å². The van der Waals surface area contributed by atoms with Crippen LogP contribution >= 0.6 is 24.0 Å². The summed E-state index contributed by atoms with van der Waals surface area (Å²) in [5, 5.41) is 0. The van der Waals surface area contributed by atoms with E-state index in [0.29, 0.717) is 22.6 Å². The van der Waals surface area contributed by atoms with Crippen molar-refractivity contribution in [3.05, 3.63) is 82.5 Å². The largest absolute Gasteiger partial charge is 0.465 e. The van der Waals surface area contributed by atoms with Crippen molar-refractivity contribution in [2.24, 2.45) is 0 Å². The van der Waals surface area contributed by atoms with Crippen LogP contribution in [0.1, 0.15) is 21.7 Å². The van der Waals surface area contributed by atoms with Gasteiger partial charge in [-0.3, -0.25) is 9.69 Å². The molecule has 0 saturated carbocycles. The Morgan fingerprint density at radius 3 is 2.61 bits per heavy atom. The van der Waals surface area contributed by atoms with Gasteiger partial charge in [-0.05, 0) is 36.4 Å². The summed E-state index contributed by atoms with van der Waals surface area (Å²) in [5.41, 5.74) is -0.0156. The zero-order chi connectivity index (χ0) is 23.8. The molecule has 168 valence electrons. The number of furan rings is 1. The predicted octanol–water partition coefficient (Wildman–Crippen LogP) is 6.16. The molecule has 0 bridgehead atoms. The minimum absolute atomic E-state index is 0.0304. The molecule has 0 N–H and O–H groups in total. The van der Waals surface area contributed by atoms with Gasteiger partial charge in [0.05, 0.1) is 28.8 Å². The first-order chi connectivity index (χ1) is 15.7. The van der Waals surface area contributed by atoms with Gasteiger partial charge in [0.1, 0.15) is 11.5 Å². The summed E-state index contributed by atoms with van der Waals surface area (Å²) in [6, 6.07) is 14.4. The maximum atomic E-state index is 13.1. The predicted molar refractivity (Wildman–Crippen MR) is 123 cm³/mol. The number of alkyl halides is 3. The number of benzene rings is 2. The van der Waals surface area contributed by atoms with Crippen LogP contribution in [0.25, 0.3) is 17.4 Å². The molecule has 1 aromatic heterocycles. The van der Waals surface area contributed by atoms with Gasteiger partial charge < -0.3 is 9.15 Å². The maximum absolute atomic E-state index is 13.1. The van der Waals surface area contributed by atoms with Crippen LogP contribution in [-0.4, -0.2) is 23.3 Å². The molecule has 2 heterocycles. The van der Waals surface area contributed by atoms with Gasteiger partial charge in [-0.25, -0.2) is 4.79 Å². The van der Waals surface area contributed by atoms with Crippen LogP contribution in [0.3, 0.4) is 0 Å². The van der Waals surface area contributed by atoms with Gasteiger partial charge in [0.2, 0.25) is 0 Å². The Kier molecular flexibility index (Phi) is 6.13. The Morgan fingerprint density at radius 1 is 1.12 bits per heavy atom. The van der Waals surface area contributed by atoms with Crippen molar-refractivity contribution in [2.75, 3.05) is 12.0 Å². The van der Waals surface area contributed by atoms with Gasteiger partial charge in [0.25, 0.3) is 5.91 Å². The van der Waals surface area contributed by atoms with E-state index in [9.17, 15) is 22.8 Å². The zero-order valence-corrected chi connectivity index (χ0v) is 18.5. The SMILES string of the molecule is COC(=O)c1ccccc1-c1ccc(C=C2SC(=S)N(c3cccc(C(F)(F)F)c3)C2=O)o1. The monoisotopic (exact) mass is 489 g/mol. The smallest absolute Gasteiger partial charge is 0.416 e. The number of carbonyl (C=O) groups is 2. The van der Waals surface area contributed by atoms with E-state index in [0.717, 1.165) is 28.8 Å². The third kappa shape index (κ3) is 4.57. The minimum Gasteiger partial charge on any atom is -0.465 e. The first-order valence-electron chi connectivity index (χ1n) is 9.42. The molecule has 0 unspecified atom stereocenters. The van der Waals surface area contributed by atoms with Crippen LogP contribution in [0.4, 0.5) is 18.9 Å². The van der Waals surface area contributed by atoms with Crippen molar-refractivity contribution in [3.8, 4) is 11.3 Å². The van der Waals surface area contributed by atoms with Gasteiger partial charge in [0, 0.05) is 11.6 Å². The lowest BCUT2D eigenvalue weighted by atomic mass is 10.1. The molecule has 1 amide bonds. The molecule has 0 atom stereocenters. The average molecular weight is 489 g/mol. The highest BCUT2D eigenvalue weighted by Gasteiger charge is 2.36. The molecule has 1 aliphatic heterocycles. The molecule has 4 rings (SSSR count). The molecular formula is C23H14F3NO4S2. The van der Waals surface area contributed by atoms with Crippen molar-refractivity contribution in [2.45, 2.75) is 6.18 Å². The van der Waals surface area contributed by atoms with Crippen molar-refractivity contribution in [3.63, 3.8) is 0 Å². The van der Waals surface area contributed by atoms with Gasteiger partial charge in [-0.15, -0.1) is 0 Å². The van der Waals surface area contributed by atoms with E-state index in [1.165, 1.54) is 25.3 Å². The number of hydrogen-bond donors (Lipinski definition) is 0. The highest BCUT2D eigenvalue weighted by Crippen LogP contribution is 2.39. The molecule has 3 aromatic rings. The maximum Gasteiger partial charge on any atom is 0.416 e. The summed E-state index contributed by atoms with van der Waals surface area (Å²) in [7, 11) is 1.28. The van der Waals surface area contributed by atoms with Gasteiger partial charge in [-0.2, -0.15) is 13.2 Å². The van der Waals surface area contributed by atoms with E-state index in [1.807, 2.05) is 0 Å². The normalized spacial score (nSPS) is 15.4. The standard InChI is InChI=1S/C23H14F3NO4S2/c1-30-21(29)17-8-3-2-7-16(17)18-10-9-15(31-18)12-19-20(28)27(22(32)33-19)14-6-4-5-13(11-14)23(24,25)26/h2-12H,1H3. The highest BCUT2D eigenvalue weighted by atomic mass is 32.2. The van der Waals surface area contributed by atoms with Crippen molar-refractivity contribution in [1.29, 1.82) is 0 Å². The topological polar surface area (TPSA) is 59.8 Å². The van der Waals surface area contributed by atoms with E-state index < -0.39 is 23.6 Å². The Bertz CT molecular complexity index is 1300. The number of carbonyl (C=O) groups excluding carboxylic acids is 2. The molecule has 1 aliphatic rings. The number of hydrogen-bond acceptors (Lipinski definition) is 6. The van der Waals surface area contributed by atoms with E-state index in [-0.39, 0.29) is 14.9 Å². The van der Waals surface area contributed by atoms with Crippen LogP contribution in [0, 0.1) is 0 Å². The summed E-state index contributed by atoms with van der Waals surface area (Å²) < 4.78 is 49.9. The van der Waals surface area contributed by atoms with Crippen LogP contribution in [0.2, 0.25) is 0 Å². The number of thiocarbonyl (C=S) groups is 1. The Hall–Kier alpha value is -3.37. The van der Waals surface area contributed by atoms with Gasteiger partial charge in [0.15, 0.2) is 4.32 Å². The van der Waals surface area contributed by atoms with E-state index in [4.69, 9.17) is 21.4 Å². The van der Waals surface area contributed by atoms with Crippen molar-refractivity contribution in [1.82, 2.24) is 0 Å². The fourth-order valence-corrected chi connectivity index (χ4v) is 4.48. The molecule has 1 fully saturated rings. The van der Waals surface area contributed by atoms with Crippen LogP contribution in [0.15, 0.2) is 70.0 Å². The Labute approximate surface area is 195 Å². The number of methoxy groups -OCH3 is 1. The van der Waals surface area contributed by atoms with Crippen molar-refractivity contribution >= 4 is 51.9 Å². The van der Waals surface area contributed by atoms with Crippen LogP contribution in [0.5, 0.6) is 0 Å². The lowest BCUT2D eigenvalue weighted by molar-refractivity contribution is -0.137. The molecule has 33 heavy (non-hydrogen) atoms. The Balaban J connectivity index is 1.63. The quantitative estimate of drug-likeness (QED) is 0.249. The molecule has 0 radical (unpaired) electrons. The van der Waals surface area contributed by atoms with E-state index in [1.54, 1.807) is 36.4 Å². The lowest BCUT2D eigenvalue weighted by Crippen LogP contribution is -2.27. The average Bonchev–Trinajstić information content (AvgIpc) is 3.37. The summed E-state index contributed by atoms with van der Waals surface area (Å²) in [5.74, 6) is -0.382. The Morgan fingerprint density at radius 2 is 1.88 bits per heavy atom. The lowest BCUT2D eigenvalue weighted by Gasteiger charge is -2.16. The number of amides is 1. The molecule has 1 saturated heterocycles. The number of ether oxygens (including phenoxy) is 1. The minimum atomic E-state index is -4.54. The second-order valence-electron chi connectivity index (χ2n) is 6.80.